The molecule has 1 aromatic carbocycles. The highest BCUT2D eigenvalue weighted by atomic mass is 35.5. The summed E-state index contributed by atoms with van der Waals surface area (Å²) in [4.78, 5) is 15.6. The Bertz CT molecular complexity index is 945. The number of pyridine rings is 1. The number of carbonyl (C=O) groups is 1. The molecule has 0 atom stereocenters. The highest BCUT2D eigenvalue weighted by Gasteiger charge is 2.14. The minimum absolute atomic E-state index is 0.236. The number of aromatic nitrogens is 3. The lowest BCUT2D eigenvalue weighted by molar-refractivity contribution is -0.143. The predicted octanol–water partition coefficient (Wildman–Crippen LogP) is 4.96. The van der Waals surface area contributed by atoms with E-state index >= 15 is 0 Å². The van der Waals surface area contributed by atoms with Crippen molar-refractivity contribution in [2.24, 2.45) is 0 Å². The second-order valence-corrected chi connectivity index (χ2v) is 6.69. The lowest BCUT2D eigenvalue weighted by atomic mass is 10.2. The number of benzene rings is 1. The van der Waals surface area contributed by atoms with Crippen LogP contribution in [0.3, 0.4) is 0 Å². The first-order valence-electron chi connectivity index (χ1n) is 8.82. The maximum atomic E-state index is 11.5. The summed E-state index contributed by atoms with van der Waals surface area (Å²) in [5, 5.41) is 5.51. The zero-order valence-corrected chi connectivity index (χ0v) is 16.8. The predicted molar refractivity (Wildman–Crippen MR) is 108 cm³/mol. The lowest BCUT2D eigenvalue weighted by Crippen LogP contribution is -2.08. The van der Waals surface area contributed by atoms with Gasteiger partial charge in [0.2, 0.25) is 5.88 Å². The van der Waals surface area contributed by atoms with Crippen LogP contribution in [0.2, 0.25) is 10.0 Å². The number of nitrogens with zero attached hydrogens (tertiary/aromatic N) is 3. The Labute approximate surface area is 173 Å². The molecule has 0 fully saturated rings. The van der Waals surface area contributed by atoms with Crippen LogP contribution in [-0.2, 0) is 9.53 Å². The van der Waals surface area contributed by atoms with Crippen LogP contribution in [0.15, 0.2) is 48.8 Å². The smallest absolute Gasteiger partial charge is 0.305 e. The monoisotopic (exact) mass is 419 g/mol. The summed E-state index contributed by atoms with van der Waals surface area (Å²) in [5.41, 5.74) is 2.28. The Kier molecular flexibility index (Phi) is 6.90. The molecule has 0 aliphatic heterocycles. The van der Waals surface area contributed by atoms with Crippen molar-refractivity contribution in [3.63, 3.8) is 0 Å². The van der Waals surface area contributed by atoms with Crippen molar-refractivity contribution in [2.45, 2.75) is 19.8 Å². The van der Waals surface area contributed by atoms with Crippen LogP contribution in [0, 0.1) is 0 Å². The zero-order chi connectivity index (χ0) is 19.9. The normalized spacial score (nSPS) is 10.7. The molecule has 0 bridgehead atoms. The largest absolute Gasteiger partial charge is 0.478 e. The van der Waals surface area contributed by atoms with Crippen molar-refractivity contribution in [2.75, 3.05) is 13.2 Å². The second-order valence-electron chi connectivity index (χ2n) is 5.88. The van der Waals surface area contributed by atoms with Gasteiger partial charge in [0, 0.05) is 30.4 Å². The van der Waals surface area contributed by atoms with Crippen molar-refractivity contribution >= 4 is 29.2 Å². The standard InChI is InChI=1S/C20H19Cl2N3O3/c1-2-27-20(26)6-4-10-28-19-12-18(14-5-3-9-23-13-14)24-25(19)15-7-8-16(21)17(22)11-15/h3,5,7-9,11-13H,2,4,6,10H2,1H3. The zero-order valence-electron chi connectivity index (χ0n) is 15.3. The fraction of sp³-hybridized carbons (Fsp3) is 0.250. The van der Waals surface area contributed by atoms with Crippen LogP contribution < -0.4 is 4.74 Å². The van der Waals surface area contributed by atoms with Gasteiger partial charge in [0.1, 0.15) is 0 Å². The number of halogens is 2. The van der Waals surface area contributed by atoms with Gasteiger partial charge in [0.25, 0.3) is 0 Å². The van der Waals surface area contributed by atoms with Gasteiger partial charge in [-0.25, -0.2) is 4.68 Å². The summed E-state index contributed by atoms with van der Waals surface area (Å²) < 4.78 is 12.5. The molecule has 0 amide bonds. The molecule has 146 valence electrons. The van der Waals surface area contributed by atoms with E-state index in [2.05, 4.69) is 10.1 Å². The molecule has 0 spiro atoms. The van der Waals surface area contributed by atoms with Gasteiger partial charge in [-0.3, -0.25) is 9.78 Å². The molecular formula is C20H19Cl2N3O3. The summed E-state index contributed by atoms with van der Waals surface area (Å²) in [7, 11) is 0. The lowest BCUT2D eigenvalue weighted by Gasteiger charge is -2.10. The van der Waals surface area contributed by atoms with Crippen molar-refractivity contribution in [3.8, 4) is 22.8 Å². The molecule has 8 heteroatoms. The molecular weight excluding hydrogens is 401 g/mol. The number of esters is 1. The van der Waals surface area contributed by atoms with E-state index in [0.29, 0.717) is 53.4 Å². The van der Waals surface area contributed by atoms with Crippen molar-refractivity contribution in [1.82, 2.24) is 14.8 Å². The van der Waals surface area contributed by atoms with Crippen LogP contribution in [0.4, 0.5) is 0 Å². The Balaban J connectivity index is 1.83. The fourth-order valence-corrected chi connectivity index (χ4v) is 2.84. The average molecular weight is 420 g/mol. The molecule has 0 unspecified atom stereocenters. The van der Waals surface area contributed by atoms with E-state index in [0.717, 1.165) is 5.56 Å². The molecule has 0 radical (unpaired) electrons. The number of carbonyl (C=O) groups excluding carboxylic acids is 1. The van der Waals surface area contributed by atoms with Crippen molar-refractivity contribution in [3.05, 3.63) is 58.8 Å². The third-order valence-electron chi connectivity index (χ3n) is 3.86. The molecule has 2 heterocycles. The first-order valence-corrected chi connectivity index (χ1v) is 9.58. The molecule has 6 nitrogen and oxygen atoms in total. The third kappa shape index (κ3) is 5.03. The number of hydrogen-bond acceptors (Lipinski definition) is 5. The van der Waals surface area contributed by atoms with Gasteiger partial charge < -0.3 is 9.47 Å². The average Bonchev–Trinajstić information content (AvgIpc) is 3.12. The van der Waals surface area contributed by atoms with Crippen LogP contribution in [0.5, 0.6) is 5.88 Å². The Morgan fingerprint density at radius 3 is 2.75 bits per heavy atom. The molecule has 3 rings (SSSR count). The Morgan fingerprint density at radius 1 is 1.18 bits per heavy atom. The summed E-state index contributed by atoms with van der Waals surface area (Å²) in [6.07, 6.45) is 4.26. The van der Waals surface area contributed by atoms with Gasteiger partial charge in [-0.2, -0.15) is 5.10 Å². The first-order chi connectivity index (χ1) is 13.6. The number of rotatable bonds is 8. The number of hydrogen-bond donors (Lipinski definition) is 0. The summed E-state index contributed by atoms with van der Waals surface area (Å²) >= 11 is 12.2. The van der Waals surface area contributed by atoms with E-state index < -0.39 is 0 Å². The first kappa shape index (κ1) is 20.2. The maximum absolute atomic E-state index is 11.5. The van der Waals surface area contributed by atoms with Gasteiger partial charge in [-0.1, -0.05) is 23.2 Å². The maximum Gasteiger partial charge on any atom is 0.305 e. The van der Waals surface area contributed by atoms with E-state index in [9.17, 15) is 4.79 Å². The molecule has 0 aliphatic rings. The summed E-state index contributed by atoms with van der Waals surface area (Å²) in [6.45, 7) is 2.50. The molecule has 0 saturated heterocycles. The van der Waals surface area contributed by atoms with E-state index in [1.54, 1.807) is 42.2 Å². The van der Waals surface area contributed by atoms with Gasteiger partial charge in [0.05, 0.1) is 34.6 Å². The van der Waals surface area contributed by atoms with Crippen molar-refractivity contribution < 1.29 is 14.3 Å². The van der Waals surface area contributed by atoms with Crippen molar-refractivity contribution in [1.29, 1.82) is 0 Å². The minimum Gasteiger partial charge on any atom is -0.478 e. The van der Waals surface area contributed by atoms with E-state index in [4.69, 9.17) is 32.7 Å². The van der Waals surface area contributed by atoms with E-state index in [-0.39, 0.29) is 5.97 Å². The highest BCUT2D eigenvalue weighted by Crippen LogP contribution is 2.29. The molecule has 0 aliphatic carbocycles. The minimum atomic E-state index is -0.236. The van der Waals surface area contributed by atoms with Gasteiger partial charge in [-0.15, -0.1) is 0 Å². The van der Waals surface area contributed by atoms with Crippen LogP contribution in [-0.4, -0.2) is 33.9 Å². The van der Waals surface area contributed by atoms with E-state index in [1.165, 1.54) is 0 Å². The number of ether oxygens (including phenoxy) is 2. The third-order valence-corrected chi connectivity index (χ3v) is 4.60. The quantitative estimate of drug-likeness (QED) is 0.381. The second kappa shape index (κ2) is 9.57. The van der Waals surface area contributed by atoms with E-state index in [1.807, 2.05) is 18.2 Å². The molecule has 0 saturated carbocycles. The molecule has 2 aromatic heterocycles. The summed E-state index contributed by atoms with van der Waals surface area (Å²) in [5.74, 6) is 0.293. The molecule has 3 aromatic rings. The fourth-order valence-electron chi connectivity index (χ4n) is 2.55. The van der Waals surface area contributed by atoms with Gasteiger partial charge in [-0.05, 0) is 43.7 Å². The molecule has 0 N–H and O–H groups in total. The van der Waals surface area contributed by atoms with Gasteiger partial charge >= 0.3 is 5.97 Å². The summed E-state index contributed by atoms with van der Waals surface area (Å²) in [6, 6.07) is 10.8. The Morgan fingerprint density at radius 2 is 2.04 bits per heavy atom. The molecule has 28 heavy (non-hydrogen) atoms. The Hall–Kier alpha value is -2.57. The van der Waals surface area contributed by atoms with Crippen LogP contribution >= 0.6 is 23.2 Å². The highest BCUT2D eigenvalue weighted by molar-refractivity contribution is 6.42. The van der Waals surface area contributed by atoms with Crippen LogP contribution in [0.25, 0.3) is 16.9 Å². The van der Waals surface area contributed by atoms with Gasteiger partial charge in [0.15, 0.2) is 0 Å². The SMILES string of the molecule is CCOC(=O)CCCOc1cc(-c2cccnc2)nn1-c1ccc(Cl)c(Cl)c1. The topological polar surface area (TPSA) is 66.2 Å². The van der Waals surface area contributed by atoms with Crippen LogP contribution in [0.1, 0.15) is 19.8 Å².